The summed E-state index contributed by atoms with van der Waals surface area (Å²) in [5.74, 6) is -0.346. The van der Waals surface area contributed by atoms with Crippen molar-refractivity contribution in [3.8, 4) is 5.75 Å². The second kappa shape index (κ2) is 7.44. The molecule has 0 amide bonds. The lowest BCUT2D eigenvalue weighted by atomic mass is 10.0. The molecule has 0 fully saturated rings. The summed E-state index contributed by atoms with van der Waals surface area (Å²) in [6.07, 6.45) is 2.56. The van der Waals surface area contributed by atoms with Gasteiger partial charge in [0.25, 0.3) is 10.0 Å². The van der Waals surface area contributed by atoms with E-state index in [-0.39, 0.29) is 17.7 Å². The molecule has 2 aromatic carbocycles. The first-order valence-electron chi connectivity index (χ1n) is 8.61. The molecule has 3 rings (SSSR count). The van der Waals surface area contributed by atoms with Crippen molar-refractivity contribution < 1.29 is 23.1 Å². The average molecular weight is 387 g/mol. The van der Waals surface area contributed by atoms with Crippen molar-refractivity contribution in [3.05, 3.63) is 59.8 Å². The number of aromatic nitrogens is 1. The van der Waals surface area contributed by atoms with Gasteiger partial charge in [-0.1, -0.05) is 13.0 Å². The quantitative estimate of drug-likeness (QED) is 0.671. The first-order valence-corrected chi connectivity index (χ1v) is 10.0. The highest BCUT2D eigenvalue weighted by Crippen LogP contribution is 2.28. The van der Waals surface area contributed by atoms with Gasteiger partial charge in [-0.25, -0.2) is 12.4 Å². The van der Waals surface area contributed by atoms with Crippen molar-refractivity contribution in [3.63, 3.8) is 0 Å². The van der Waals surface area contributed by atoms with Crippen LogP contribution >= 0.6 is 0 Å². The van der Waals surface area contributed by atoms with Crippen LogP contribution in [0.5, 0.6) is 5.75 Å². The van der Waals surface area contributed by atoms with E-state index in [1.165, 1.54) is 29.4 Å². The third kappa shape index (κ3) is 3.68. The Hall–Kier alpha value is -2.80. The van der Waals surface area contributed by atoms with Gasteiger partial charge in [0.15, 0.2) is 0 Å². The van der Waals surface area contributed by atoms with Crippen LogP contribution in [0.1, 0.15) is 24.5 Å². The van der Waals surface area contributed by atoms with Crippen LogP contribution in [0.3, 0.4) is 0 Å². The molecule has 142 valence electrons. The van der Waals surface area contributed by atoms with Crippen LogP contribution < -0.4 is 4.74 Å². The summed E-state index contributed by atoms with van der Waals surface area (Å²) in [4.78, 5) is 11.1. The molecule has 1 aromatic heterocycles. The summed E-state index contributed by atoms with van der Waals surface area (Å²) < 4.78 is 32.6. The molecular weight excluding hydrogens is 366 g/mol. The highest BCUT2D eigenvalue weighted by atomic mass is 32.2. The van der Waals surface area contributed by atoms with Gasteiger partial charge in [0, 0.05) is 18.0 Å². The number of carbonyl (C=O) groups is 1. The number of carboxylic acids is 1. The molecule has 6 nitrogen and oxygen atoms in total. The summed E-state index contributed by atoms with van der Waals surface area (Å²) in [5, 5.41) is 9.78. The van der Waals surface area contributed by atoms with Crippen LogP contribution in [0.15, 0.2) is 53.6 Å². The molecule has 27 heavy (non-hydrogen) atoms. The zero-order valence-electron chi connectivity index (χ0n) is 15.2. The molecule has 3 aromatic rings. The van der Waals surface area contributed by atoms with Gasteiger partial charge >= 0.3 is 5.97 Å². The Morgan fingerprint density at radius 1 is 1.15 bits per heavy atom. The molecule has 0 saturated heterocycles. The molecule has 0 bridgehead atoms. The Bertz CT molecular complexity index is 1080. The minimum Gasteiger partial charge on any atom is -0.497 e. The van der Waals surface area contributed by atoms with Gasteiger partial charge < -0.3 is 9.84 Å². The number of rotatable bonds is 7. The van der Waals surface area contributed by atoms with E-state index >= 15 is 0 Å². The van der Waals surface area contributed by atoms with E-state index in [0.29, 0.717) is 16.8 Å². The Morgan fingerprint density at radius 3 is 2.44 bits per heavy atom. The Kier molecular flexibility index (Phi) is 5.23. The number of nitrogens with zero attached hydrogens (tertiary/aromatic N) is 1. The summed E-state index contributed by atoms with van der Waals surface area (Å²) in [6.45, 7) is 2.02. The summed E-state index contributed by atoms with van der Waals surface area (Å²) in [7, 11) is -2.30. The second-order valence-corrected chi connectivity index (χ2v) is 8.04. The predicted molar refractivity (Wildman–Crippen MR) is 103 cm³/mol. The zero-order chi connectivity index (χ0) is 19.6. The SMILES string of the molecule is CCc1ccc2c(c1)c(CCC(=O)O)cn2S(=O)(=O)c1ccc(OC)cc1. The fraction of sp³-hybridized carbons (Fsp3) is 0.250. The fourth-order valence-electron chi connectivity index (χ4n) is 3.03. The molecule has 1 N–H and O–H groups in total. The van der Waals surface area contributed by atoms with Gasteiger partial charge in [-0.3, -0.25) is 4.79 Å². The van der Waals surface area contributed by atoms with E-state index in [9.17, 15) is 13.2 Å². The number of fused-ring (bicyclic) bond motifs is 1. The molecule has 7 heteroatoms. The van der Waals surface area contributed by atoms with Crippen molar-refractivity contribution in [2.45, 2.75) is 31.1 Å². The van der Waals surface area contributed by atoms with Crippen LogP contribution in [-0.2, 0) is 27.7 Å². The van der Waals surface area contributed by atoms with Gasteiger partial charge in [0.05, 0.1) is 17.5 Å². The number of aryl methyl sites for hydroxylation is 2. The first-order chi connectivity index (χ1) is 12.9. The van der Waals surface area contributed by atoms with Crippen LogP contribution in [0.2, 0.25) is 0 Å². The minimum absolute atomic E-state index is 0.0575. The number of hydrogen-bond acceptors (Lipinski definition) is 4. The van der Waals surface area contributed by atoms with E-state index < -0.39 is 16.0 Å². The average Bonchev–Trinajstić information content (AvgIpc) is 3.05. The molecule has 0 radical (unpaired) electrons. The van der Waals surface area contributed by atoms with Crippen LogP contribution in [0.4, 0.5) is 0 Å². The first kappa shape index (κ1) is 19.0. The Balaban J connectivity index is 2.15. The zero-order valence-corrected chi connectivity index (χ0v) is 16.0. The molecule has 0 saturated carbocycles. The van der Waals surface area contributed by atoms with E-state index in [4.69, 9.17) is 9.84 Å². The van der Waals surface area contributed by atoms with Crippen molar-refractivity contribution in [2.75, 3.05) is 7.11 Å². The number of benzene rings is 2. The molecule has 0 spiro atoms. The monoisotopic (exact) mass is 387 g/mol. The number of hydrogen-bond donors (Lipinski definition) is 1. The normalized spacial score (nSPS) is 11.6. The lowest BCUT2D eigenvalue weighted by Crippen LogP contribution is -2.11. The summed E-state index contributed by atoms with van der Waals surface area (Å²) >= 11 is 0. The van der Waals surface area contributed by atoms with E-state index in [0.717, 1.165) is 17.4 Å². The van der Waals surface area contributed by atoms with Crippen LogP contribution in [0.25, 0.3) is 10.9 Å². The lowest BCUT2D eigenvalue weighted by molar-refractivity contribution is -0.136. The second-order valence-electron chi connectivity index (χ2n) is 6.23. The highest BCUT2D eigenvalue weighted by molar-refractivity contribution is 7.90. The molecule has 1 heterocycles. The van der Waals surface area contributed by atoms with E-state index in [2.05, 4.69) is 0 Å². The molecule has 0 aliphatic rings. The minimum atomic E-state index is -3.81. The molecular formula is C20H21NO5S. The van der Waals surface area contributed by atoms with E-state index in [1.54, 1.807) is 18.2 Å². The van der Waals surface area contributed by atoms with Gasteiger partial charge in [0.1, 0.15) is 5.75 Å². The maximum Gasteiger partial charge on any atom is 0.303 e. The van der Waals surface area contributed by atoms with Gasteiger partial charge in [-0.05, 0) is 60.4 Å². The highest BCUT2D eigenvalue weighted by Gasteiger charge is 2.21. The van der Waals surface area contributed by atoms with Crippen LogP contribution in [0, 0.1) is 0 Å². The summed E-state index contributed by atoms with van der Waals surface area (Å²) in [6, 6.07) is 11.8. The maximum absolute atomic E-state index is 13.2. The van der Waals surface area contributed by atoms with Gasteiger partial charge in [-0.2, -0.15) is 0 Å². The van der Waals surface area contributed by atoms with Crippen molar-refractivity contribution in [2.24, 2.45) is 0 Å². The molecule has 0 unspecified atom stereocenters. The lowest BCUT2D eigenvalue weighted by Gasteiger charge is -2.08. The fourth-order valence-corrected chi connectivity index (χ4v) is 4.43. The van der Waals surface area contributed by atoms with E-state index in [1.807, 2.05) is 19.1 Å². The Morgan fingerprint density at radius 2 is 1.85 bits per heavy atom. The molecule has 0 aliphatic carbocycles. The number of aliphatic carboxylic acids is 1. The number of methoxy groups -OCH3 is 1. The number of carboxylic acid groups (broad SMARTS) is 1. The summed E-state index contributed by atoms with van der Waals surface area (Å²) in [5.41, 5.74) is 2.32. The largest absolute Gasteiger partial charge is 0.497 e. The third-order valence-corrected chi connectivity index (χ3v) is 6.24. The molecule has 0 aliphatic heterocycles. The standard InChI is InChI=1S/C20H21NO5S/c1-3-14-4-10-19-18(12-14)15(5-11-20(22)23)13-21(19)27(24,25)17-8-6-16(26-2)7-9-17/h4,6-10,12-13H,3,5,11H2,1-2H3,(H,22,23). The van der Waals surface area contributed by atoms with Gasteiger partial charge in [0.2, 0.25) is 0 Å². The van der Waals surface area contributed by atoms with Crippen molar-refractivity contribution in [1.29, 1.82) is 0 Å². The van der Waals surface area contributed by atoms with Crippen LogP contribution in [-0.4, -0.2) is 30.6 Å². The Labute approximate surface area is 158 Å². The number of ether oxygens (including phenoxy) is 1. The van der Waals surface area contributed by atoms with Gasteiger partial charge in [-0.15, -0.1) is 0 Å². The van der Waals surface area contributed by atoms with Crippen molar-refractivity contribution >= 4 is 26.9 Å². The third-order valence-electron chi connectivity index (χ3n) is 4.55. The molecule has 0 atom stereocenters. The smallest absolute Gasteiger partial charge is 0.303 e. The topological polar surface area (TPSA) is 85.6 Å². The van der Waals surface area contributed by atoms with Crippen molar-refractivity contribution in [1.82, 2.24) is 3.97 Å². The predicted octanol–water partition coefficient (Wildman–Crippen LogP) is 3.47. The maximum atomic E-state index is 13.2.